The summed E-state index contributed by atoms with van der Waals surface area (Å²) in [5.41, 5.74) is 2.55. The maximum absolute atomic E-state index is 12.3. The third-order valence-electron chi connectivity index (χ3n) is 3.54. The zero-order valence-corrected chi connectivity index (χ0v) is 15.4. The number of hydrogen-bond donors (Lipinski definition) is 2. The van der Waals surface area contributed by atoms with Crippen molar-refractivity contribution in [2.24, 2.45) is 0 Å². The highest BCUT2D eigenvalue weighted by atomic mass is 16.1. The number of anilines is 2. The Morgan fingerprint density at radius 1 is 0.917 bits per heavy atom. The summed E-state index contributed by atoms with van der Waals surface area (Å²) in [5.74, 6) is 0.656. The molecule has 0 aliphatic carbocycles. The predicted octanol–water partition coefficient (Wildman–Crippen LogP) is 4.84. The molecule has 128 valence electrons. The maximum Gasteiger partial charge on any atom is 0.255 e. The fraction of sp³-hybridized carbons (Fsp3) is 0.400. The fourth-order valence-electron chi connectivity index (χ4n) is 2.25. The van der Waals surface area contributed by atoms with Gasteiger partial charge in [-0.05, 0) is 56.0 Å². The smallest absolute Gasteiger partial charge is 0.255 e. The number of amides is 1. The number of benzene rings is 1. The monoisotopic (exact) mass is 325 g/mol. The molecule has 0 atom stereocenters. The minimum absolute atomic E-state index is 0.0490. The van der Waals surface area contributed by atoms with Crippen LogP contribution in [0.15, 0.2) is 42.6 Å². The van der Waals surface area contributed by atoms with E-state index in [0.29, 0.717) is 11.3 Å². The van der Waals surface area contributed by atoms with E-state index in [2.05, 4.69) is 57.2 Å². The summed E-state index contributed by atoms with van der Waals surface area (Å²) in [5, 5.41) is 6.17. The van der Waals surface area contributed by atoms with Crippen LogP contribution in [0.3, 0.4) is 0 Å². The molecule has 0 bridgehead atoms. The molecule has 4 heteroatoms. The van der Waals surface area contributed by atoms with E-state index in [1.54, 1.807) is 6.20 Å². The molecular formula is C20H27N3O. The number of nitrogens with zero attached hydrogens (tertiary/aromatic N) is 1. The quantitative estimate of drug-likeness (QED) is 0.849. The highest BCUT2D eigenvalue weighted by Crippen LogP contribution is 2.22. The van der Waals surface area contributed by atoms with Crippen molar-refractivity contribution < 1.29 is 4.79 Å². The summed E-state index contributed by atoms with van der Waals surface area (Å²) in [6.07, 6.45) is 1.66. The average Bonchev–Trinajstić information content (AvgIpc) is 2.47. The molecule has 0 aliphatic rings. The van der Waals surface area contributed by atoms with Gasteiger partial charge in [0, 0.05) is 11.1 Å². The molecule has 4 nitrogen and oxygen atoms in total. The topological polar surface area (TPSA) is 54.0 Å². The standard InChI is InChI=1S/C20H27N3O/c1-19(2,3)15-9-7-14(8-10-15)18(24)22-16-11-12-17(21-13-16)23-20(4,5)6/h7-13H,1-6H3,(H,21,23)(H,22,24). The van der Waals surface area contributed by atoms with Gasteiger partial charge in [-0.25, -0.2) is 4.98 Å². The van der Waals surface area contributed by atoms with Gasteiger partial charge in [0.2, 0.25) is 0 Å². The zero-order chi connectivity index (χ0) is 18.0. The fourth-order valence-corrected chi connectivity index (χ4v) is 2.25. The summed E-state index contributed by atoms with van der Waals surface area (Å²) in [6, 6.07) is 11.4. The van der Waals surface area contributed by atoms with Crippen LogP contribution in [-0.4, -0.2) is 16.4 Å². The molecule has 2 N–H and O–H groups in total. The molecule has 0 aliphatic heterocycles. The second-order valence-electron chi connectivity index (χ2n) is 8.09. The van der Waals surface area contributed by atoms with Crippen LogP contribution in [0.5, 0.6) is 0 Å². The van der Waals surface area contributed by atoms with Gasteiger partial charge < -0.3 is 10.6 Å². The van der Waals surface area contributed by atoms with Crippen molar-refractivity contribution in [1.82, 2.24) is 4.98 Å². The molecule has 0 fully saturated rings. The number of carbonyl (C=O) groups is 1. The molecule has 0 saturated carbocycles. The molecule has 24 heavy (non-hydrogen) atoms. The van der Waals surface area contributed by atoms with E-state index < -0.39 is 0 Å². The van der Waals surface area contributed by atoms with Crippen LogP contribution in [0.25, 0.3) is 0 Å². The number of pyridine rings is 1. The van der Waals surface area contributed by atoms with Crippen LogP contribution in [0, 0.1) is 0 Å². The minimum Gasteiger partial charge on any atom is -0.365 e. The number of hydrogen-bond acceptors (Lipinski definition) is 3. The van der Waals surface area contributed by atoms with Crippen LogP contribution in [0.4, 0.5) is 11.5 Å². The van der Waals surface area contributed by atoms with Crippen molar-refractivity contribution in [3.05, 3.63) is 53.7 Å². The van der Waals surface area contributed by atoms with Gasteiger partial charge in [0.1, 0.15) is 5.82 Å². The Bertz CT molecular complexity index is 690. The highest BCUT2D eigenvalue weighted by Gasteiger charge is 2.14. The number of aromatic nitrogens is 1. The lowest BCUT2D eigenvalue weighted by molar-refractivity contribution is 0.102. The van der Waals surface area contributed by atoms with Gasteiger partial charge in [0.15, 0.2) is 0 Å². The summed E-state index contributed by atoms with van der Waals surface area (Å²) in [4.78, 5) is 16.7. The normalized spacial score (nSPS) is 11.9. The first kappa shape index (κ1) is 18.0. The minimum atomic E-state index is -0.131. The molecule has 2 aromatic rings. The summed E-state index contributed by atoms with van der Waals surface area (Å²) < 4.78 is 0. The Labute approximate surface area is 144 Å². The zero-order valence-electron chi connectivity index (χ0n) is 15.4. The molecule has 1 aromatic carbocycles. The molecule has 2 rings (SSSR count). The van der Waals surface area contributed by atoms with Crippen molar-refractivity contribution in [2.45, 2.75) is 52.5 Å². The van der Waals surface area contributed by atoms with E-state index in [1.807, 2.05) is 36.4 Å². The largest absolute Gasteiger partial charge is 0.365 e. The van der Waals surface area contributed by atoms with Crippen LogP contribution < -0.4 is 10.6 Å². The lowest BCUT2D eigenvalue weighted by atomic mass is 9.87. The van der Waals surface area contributed by atoms with Gasteiger partial charge in [-0.3, -0.25) is 4.79 Å². The van der Waals surface area contributed by atoms with E-state index in [4.69, 9.17) is 0 Å². The Morgan fingerprint density at radius 2 is 1.54 bits per heavy atom. The molecular weight excluding hydrogens is 298 g/mol. The van der Waals surface area contributed by atoms with Crippen LogP contribution >= 0.6 is 0 Å². The van der Waals surface area contributed by atoms with E-state index in [0.717, 1.165) is 5.82 Å². The van der Waals surface area contributed by atoms with Crippen molar-refractivity contribution in [3.8, 4) is 0 Å². The summed E-state index contributed by atoms with van der Waals surface area (Å²) >= 11 is 0. The van der Waals surface area contributed by atoms with Crippen molar-refractivity contribution >= 4 is 17.4 Å². The average molecular weight is 325 g/mol. The van der Waals surface area contributed by atoms with Gasteiger partial charge >= 0.3 is 0 Å². The first-order valence-corrected chi connectivity index (χ1v) is 8.21. The van der Waals surface area contributed by atoms with Gasteiger partial charge in [-0.2, -0.15) is 0 Å². The molecule has 1 aromatic heterocycles. The van der Waals surface area contributed by atoms with Crippen LogP contribution in [0.2, 0.25) is 0 Å². The van der Waals surface area contributed by atoms with Gasteiger partial charge in [-0.1, -0.05) is 32.9 Å². The predicted molar refractivity (Wildman–Crippen MR) is 101 cm³/mol. The first-order valence-electron chi connectivity index (χ1n) is 8.21. The van der Waals surface area contributed by atoms with Crippen molar-refractivity contribution in [1.29, 1.82) is 0 Å². The number of rotatable bonds is 3. The Balaban J connectivity index is 2.04. The van der Waals surface area contributed by atoms with Gasteiger partial charge in [-0.15, -0.1) is 0 Å². The molecule has 1 amide bonds. The molecule has 1 heterocycles. The van der Waals surface area contributed by atoms with Gasteiger partial charge in [0.25, 0.3) is 5.91 Å². The van der Waals surface area contributed by atoms with Gasteiger partial charge in [0.05, 0.1) is 11.9 Å². The Morgan fingerprint density at radius 3 is 2.00 bits per heavy atom. The highest BCUT2D eigenvalue weighted by molar-refractivity contribution is 6.04. The molecule has 0 radical (unpaired) electrons. The summed E-state index contributed by atoms with van der Waals surface area (Å²) in [6.45, 7) is 12.7. The molecule has 0 unspecified atom stereocenters. The molecule has 0 saturated heterocycles. The first-order chi connectivity index (χ1) is 11.0. The van der Waals surface area contributed by atoms with E-state index >= 15 is 0 Å². The SMILES string of the molecule is CC(C)(C)Nc1ccc(NC(=O)c2ccc(C(C)(C)C)cc2)cn1. The molecule has 0 spiro atoms. The number of carbonyl (C=O) groups excluding carboxylic acids is 1. The third-order valence-corrected chi connectivity index (χ3v) is 3.54. The lowest BCUT2D eigenvalue weighted by Gasteiger charge is -2.21. The third kappa shape index (κ3) is 5.08. The van der Waals surface area contributed by atoms with Crippen molar-refractivity contribution in [2.75, 3.05) is 10.6 Å². The summed E-state index contributed by atoms with van der Waals surface area (Å²) in [7, 11) is 0. The van der Waals surface area contributed by atoms with E-state index in [-0.39, 0.29) is 16.9 Å². The second-order valence-corrected chi connectivity index (χ2v) is 8.09. The number of nitrogens with one attached hydrogen (secondary N) is 2. The Kier molecular flexibility index (Phi) is 4.97. The van der Waals surface area contributed by atoms with Crippen LogP contribution in [-0.2, 0) is 5.41 Å². The second kappa shape index (κ2) is 6.63. The van der Waals surface area contributed by atoms with Crippen molar-refractivity contribution in [3.63, 3.8) is 0 Å². The lowest BCUT2D eigenvalue weighted by Crippen LogP contribution is -2.26. The Hall–Kier alpha value is -2.36. The van der Waals surface area contributed by atoms with E-state index in [9.17, 15) is 4.79 Å². The van der Waals surface area contributed by atoms with E-state index in [1.165, 1.54) is 5.56 Å². The maximum atomic E-state index is 12.3. The van der Waals surface area contributed by atoms with Crippen LogP contribution in [0.1, 0.15) is 57.5 Å².